The van der Waals surface area contributed by atoms with Crippen molar-refractivity contribution < 1.29 is 5.11 Å². The Labute approximate surface area is 80.4 Å². The summed E-state index contributed by atoms with van der Waals surface area (Å²) < 4.78 is 2.30. The van der Waals surface area contributed by atoms with E-state index < -0.39 is 0 Å². The Bertz CT molecular complexity index is 167. The third-order valence-electron chi connectivity index (χ3n) is 2.86. The molecule has 0 aliphatic carbocycles. The average Bonchev–Trinajstić information content (AvgIpc) is 2.23. The summed E-state index contributed by atoms with van der Waals surface area (Å²) in [6.07, 6.45) is 2.96. The van der Waals surface area contributed by atoms with E-state index in [9.17, 15) is 5.11 Å². The van der Waals surface area contributed by atoms with E-state index in [0.29, 0.717) is 12.1 Å². The van der Waals surface area contributed by atoms with E-state index in [4.69, 9.17) is 5.73 Å². The number of halogens is 1. The van der Waals surface area contributed by atoms with Crippen molar-refractivity contribution in [1.82, 2.24) is 3.11 Å². The lowest BCUT2D eigenvalue weighted by atomic mass is 9.98. The van der Waals surface area contributed by atoms with Crippen LogP contribution in [0.4, 0.5) is 0 Å². The van der Waals surface area contributed by atoms with E-state index in [2.05, 4.69) is 26.0 Å². The summed E-state index contributed by atoms with van der Waals surface area (Å²) in [5.41, 5.74) is 5.85. The second-order valence-electron chi connectivity index (χ2n) is 3.52. The van der Waals surface area contributed by atoms with Crippen molar-refractivity contribution >= 4 is 22.9 Å². The van der Waals surface area contributed by atoms with Gasteiger partial charge in [-0.05, 0) is 19.3 Å². The van der Waals surface area contributed by atoms with Gasteiger partial charge in [-0.2, -0.15) is 0 Å². The fourth-order valence-electron chi connectivity index (χ4n) is 2.15. The summed E-state index contributed by atoms with van der Waals surface area (Å²) in [4.78, 5) is 0. The van der Waals surface area contributed by atoms with Crippen LogP contribution in [0.25, 0.3) is 0 Å². The minimum atomic E-state index is -0.265. The number of rotatable bonds is 0. The maximum absolute atomic E-state index is 9.52. The summed E-state index contributed by atoms with van der Waals surface area (Å²) in [5, 5.41) is 9.52. The average molecular weight is 268 g/mol. The van der Waals surface area contributed by atoms with E-state index in [1.165, 1.54) is 6.42 Å². The Morgan fingerprint density at radius 3 is 2.91 bits per heavy atom. The van der Waals surface area contributed by atoms with Crippen LogP contribution in [-0.4, -0.2) is 32.4 Å². The minimum absolute atomic E-state index is 0.0225. The fraction of sp³-hybridized carbons (Fsp3) is 1.00. The molecule has 2 saturated heterocycles. The largest absolute Gasteiger partial charge is 0.391 e. The first-order chi connectivity index (χ1) is 5.20. The van der Waals surface area contributed by atoms with Gasteiger partial charge in [0.25, 0.3) is 0 Å². The van der Waals surface area contributed by atoms with Crippen molar-refractivity contribution in [3.63, 3.8) is 0 Å². The molecule has 2 heterocycles. The van der Waals surface area contributed by atoms with Gasteiger partial charge in [0.15, 0.2) is 0 Å². The number of aliphatic hydroxyl groups is 1. The predicted molar refractivity (Wildman–Crippen MR) is 51.3 cm³/mol. The van der Waals surface area contributed by atoms with Crippen LogP contribution < -0.4 is 5.73 Å². The molecule has 4 heteroatoms. The van der Waals surface area contributed by atoms with E-state index in [0.717, 1.165) is 12.8 Å². The van der Waals surface area contributed by atoms with Gasteiger partial charge in [-0.1, -0.05) is 0 Å². The molecule has 0 spiro atoms. The molecule has 3 N–H and O–H groups in total. The minimum Gasteiger partial charge on any atom is -0.391 e. The molecule has 0 aromatic rings. The molecule has 2 bridgehead atoms. The van der Waals surface area contributed by atoms with E-state index >= 15 is 0 Å². The molecule has 4 atom stereocenters. The third-order valence-corrected chi connectivity index (χ3v) is 4.37. The van der Waals surface area contributed by atoms with Crippen molar-refractivity contribution in [2.75, 3.05) is 0 Å². The molecule has 2 aliphatic rings. The van der Waals surface area contributed by atoms with Crippen molar-refractivity contribution in [2.45, 2.75) is 43.5 Å². The first-order valence-electron chi connectivity index (χ1n) is 4.08. The van der Waals surface area contributed by atoms with Gasteiger partial charge in [0.2, 0.25) is 0 Å². The number of hydrogen-bond donors (Lipinski definition) is 2. The quantitative estimate of drug-likeness (QED) is 0.489. The lowest BCUT2D eigenvalue weighted by molar-refractivity contribution is 0.0663. The van der Waals surface area contributed by atoms with Gasteiger partial charge in [-0.25, -0.2) is 3.11 Å². The normalized spacial score (nSPS) is 51.5. The molecule has 64 valence electrons. The van der Waals surface area contributed by atoms with Gasteiger partial charge in [0, 0.05) is 41.0 Å². The van der Waals surface area contributed by atoms with Crippen LogP contribution in [0.5, 0.6) is 0 Å². The zero-order valence-electron chi connectivity index (χ0n) is 6.28. The van der Waals surface area contributed by atoms with Gasteiger partial charge < -0.3 is 10.8 Å². The highest BCUT2D eigenvalue weighted by molar-refractivity contribution is 14.1. The first-order valence-corrected chi connectivity index (χ1v) is 5.04. The van der Waals surface area contributed by atoms with Gasteiger partial charge >= 0.3 is 0 Å². The Morgan fingerprint density at radius 2 is 2.18 bits per heavy atom. The Morgan fingerprint density at radius 1 is 1.45 bits per heavy atom. The smallest absolute Gasteiger partial charge is 0.0721 e. The zero-order chi connectivity index (χ0) is 8.01. The molecule has 0 radical (unpaired) electrons. The monoisotopic (exact) mass is 268 g/mol. The number of piperidine rings is 1. The Kier molecular flexibility index (Phi) is 2.11. The van der Waals surface area contributed by atoms with Crippen molar-refractivity contribution in [2.24, 2.45) is 5.73 Å². The second-order valence-corrected chi connectivity index (χ2v) is 4.64. The van der Waals surface area contributed by atoms with Crippen LogP contribution in [0.3, 0.4) is 0 Å². The number of aliphatic hydroxyl groups excluding tert-OH is 1. The van der Waals surface area contributed by atoms with Crippen LogP contribution in [-0.2, 0) is 0 Å². The number of nitrogens with two attached hydrogens (primary N) is 1. The molecule has 0 amide bonds. The molecule has 0 saturated carbocycles. The molecule has 2 aliphatic heterocycles. The molecule has 2 fully saturated rings. The molecule has 2 rings (SSSR count). The molecule has 11 heavy (non-hydrogen) atoms. The fourth-order valence-corrected chi connectivity index (χ4v) is 3.30. The van der Waals surface area contributed by atoms with Crippen LogP contribution >= 0.6 is 22.9 Å². The predicted octanol–water partition coefficient (Wildman–Crippen LogP) is 0.261. The van der Waals surface area contributed by atoms with Gasteiger partial charge in [-0.15, -0.1) is 0 Å². The van der Waals surface area contributed by atoms with Gasteiger partial charge in [0.1, 0.15) is 0 Å². The SMILES string of the molecule is NC1C(O)CC2CCC1N2I. The summed E-state index contributed by atoms with van der Waals surface area (Å²) in [6, 6.07) is 0.977. The Hall–Kier alpha value is 0.610. The van der Waals surface area contributed by atoms with Crippen LogP contribution in [0.2, 0.25) is 0 Å². The van der Waals surface area contributed by atoms with Crippen molar-refractivity contribution in [3.8, 4) is 0 Å². The molecular weight excluding hydrogens is 255 g/mol. The number of hydrogen-bond acceptors (Lipinski definition) is 3. The highest BCUT2D eigenvalue weighted by atomic mass is 127. The summed E-state index contributed by atoms with van der Waals surface area (Å²) in [5.74, 6) is 0. The van der Waals surface area contributed by atoms with E-state index in [1.54, 1.807) is 0 Å². The topological polar surface area (TPSA) is 49.5 Å². The maximum Gasteiger partial charge on any atom is 0.0721 e. The second kappa shape index (κ2) is 2.83. The van der Waals surface area contributed by atoms with Crippen LogP contribution in [0.15, 0.2) is 0 Å². The molecule has 0 aromatic heterocycles. The van der Waals surface area contributed by atoms with Gasteiger partial charge in [-0.3, -0.25) is 0 Å². The highest BCUT2D eigenvalue weighted by Crippen LogP contribution is 2.37. The lowest BCUT2D eigenvalue weighted by Crippen LogP contribution is -2.54. The Balaban J connectivity index is 2.16. The molecule has 3 nitrogen and oxygen atoms in total. The summed E-state index contributed by atoms with van der Waals surface area (Å²) in [6.45, 7) is 0. The first kappa shape index (κ1) is 8.22. The third kappa shape index (κ3) is 1.20. The van der Waals surface area contributed by atoms with Crippen molar-refractivity contribution in [1.29, 1.82) is 0 Å². The van der Waals surface area contributed by atoms with Crippen LogP contribution in [0, 0.1) is 0 Å². The number of fused-ring (bicyclic) bond motifs is 2. The lowest BCUT2D eigenvalue weighted by Gasteiger charge is -2.37. The maximum atomic E-state index is 9.52. The van der Waals surface area contributed by atoms with Crippen molar-refractivity contribution in [3.05, 3.63) is 0 Å². The number of nitrogens with zero attached hydrogens (tertiary/aromatic N) is 1. The molecule has 4 unspecified atom stereocenters. The van der Waals surface area contributed by atoms with Gasteiger partial charge in [0.05, 0.1) is 6.10 Å². The van der Waals surface area contributed by atoms with E-state index in [-0.39, 0.29) is 12.1 Å². The summed E-state index contributed by atoms with van der Waals surface area (Å²) in [7, 11) is 0. The van der Waals surface area contributed by atoms with Crippen LogP contribution in [0.1, 0.15) is 19.3 Å². The highest BCUT2D eigenvalue weighted by Gasteiger charge is 2.44. The standard InChI is InChI=1S/C7H13IN2O/c8-10-4-1-2-5(10)7(9)6(11)3-4/h4-7,11H,1-3,9H2. The molecule has 0 aromatic carbocycles. The molecular formula is C7H13IN2O. The van der Waals surface area contributed by atoms with E-state index in [1.807, 2.05) is 0 Å². The zero-order valence-corrected chi connectivity index (χ0v) is 8.44. The summed E-state index contributed by atoms with van der Waals surface area (Å²) >= 11 is 2.34.